The molecule has 0 atom stereocenters. The van der Waals surface area contributed by atoms with Crippen LogP contribution in [0.3, 0.4) is 0 Å². The average molecular weight is 405 g/mol. The van der Waals surface area contributed by atoms with Crippen LogP contribution < -0.4 is 5.32 Å². The van der Waals surface area contributed by atoms with Crippen LogP contribution in [0, 0.1) is 5.92 Å². The second-order valence-electron chi connectivity index (χ2n) is 6.25. The van der Waals surface area contributed by atoms with Gasteiger partial charge in [0.1, 0.15) is 0 Å². The van der Waals surface area contributed by atoms with E-state index in [9.17, 15) is 4.79 Å². The molecule has 1 saturated heterocycles. The van der Waals surface area contributed by atoms with Crippen LogP contribution in [0.4, 0.5) is 11.6 Å². The van der Waals surface area contributed by atoms with Crippen molar-refractivity contribution >= 4 is 33.5 Å². The molecular formula is C18H21BrN4O2. The van der Waals surface area contributed by atoms with Crippen LogP contribution in [-0.4, -0.2) is 45.6 Å². The molecule has 0 unspecified atom stereocenters. The predicted octanol–water partition coefficient (Wildman–Crippen LogP) is 3.32. The fourth-order valence-corrected chi connectivity index (χ4v) is 3.16. The first-order valence-corrected chi connectivity index (χ1v) is 9.18. The van der Waals surface area contributed by atoms with Crippen LogP contribution in [0.25, 0.3) is 0 Å². The van der Waals surface area contributed by atoms with E-state index in [1.54, 1.807) is 12.4 Å². The highest BCUT2D eigenvalue weighted by atomic mass is 79.9. The maximum absolute atomic E-state index is 11.0. The number of nitrogens with one attached hydrogen (secondary N) is 1. The maximum atomic E-state index is 11.0. The monoisotopic (exact) mass is 404 g/mol. The fraction of sp³-hybridized carbons (Fsp3) is 0.389. The molecule has 2 N–H and O–H groups in total. The number of hydrogen-bond donors (Lipinski definition) is 2. The molecule has 0 bridgehead atoms. The van der Waals surface area contributed by atoms with E-state index in [0.29, 0.717) is 5.95 Å². The molecule has 1 fully saturated rings. The van der Waals surface area contributed by atoms with E-state index in [2.05, 4.69) is 48.2 Å². The number of carbonyl (C=O) groups is 1. The number of aliphatic carboxylic acids is 1. The summed E-state index contributed by atoms with van der Waals surface area (Å²) >= 11 is 3.31. The van der Waals surface area contributed by atoms with E-state index in [4.69, 9.17) is 5.11 Å². The topological polar surface area (TPSA) is 78.4 Å². The summed E-state index contributed by atoms with van der Waals surface area (Å²) in [4.78, 5) is 21.7. The fourth-order valence-electron chi connectivity index (χ4n) is 2.95. The lowest BCUT2D eigenvalue weighted by atomic mass is 9.97. The Hall–Kier alpha value is -1.99. The summed E-state index contributed by atoms with van der Waals surface area (Å²) in [5.74, 6) is -0.253. The van der Waals surface area contributed by atoms with Crippen LogP contribution in [0.5, 0.6) is 0 Å². The van der Waals surface area contributed by atoms with E-state index in [1.165, 1.54) is 5.56 Å². The molecule has 1 aliphatic rings. The SMILES string of the molecule is O=C(O)C1CCN(CCc2ccc(Nc3ncc(Br)cn3)cc2)CC1. The molecule has 2 aromatic rings. The van der Waals surface area contributed by atoms with Gasteiger partial charge in [-0.05, 0) is 66.0 Å². The van der Waals surface area contributed by atoms with E-state index >= 15 is 0 Å². The Labute approximate surface area is 155 Å². The molecule has 6 nitrogen and oxygen atoms in total. The molecule has 0 saturated carbocycles. The van der Waals surface area contributed by atoms with Gasteiger partial charge in [0.05, 0.1) is 10.4 Å². The summed E-state index contributed by atoms with van der Waals surface area (Å²) < 4.78 is 0.848. The van der Waals surface area contributed by atoms with Crippen molar-refractivity contribution in [1.82, 2.24) is 14.9 Å². The van der Waals surface area contributed by atoms with Crippen molar-refractivity contribution in [3.63, 3.8) is 0 Å². The molecule has 2 heterocycles. The molecule has 7 heteroatoms. The van der Waals surface area contributed by atoms with Gasteiger partial charge in [-0.15, -0.1) is 0 Å². The van der Waals surface area contributed by atoms with Crippen molar-refractivity contribution in [3.05, 3.63) is 46.7 Å². The summed E-state index contributed by atoms with van der Waals surface area (Å²) in [6.07, 6.45) is 5.89. The van der Waals surface area contributed by atoms with E-state index in [-0.39, 0.29) is 5.92 Å². The average Bonchev–Trinajstić information content (AvgIpc) is 2.63. The molecule has 1 aromatic carbocycles. The number of hydrogen-bond acceptors (Lipinski definition) is 5. The minimum Gasteiger partial charge on any atom is -0.481 e. The summed E-state index contributed by atoms with van der Waals surface area (Å²) in [5, 5.41) is 12.2. The predicted molar refractivity (Wildman–Crippen MR) is 100.0 cm³/mol. The third kappa shape index (κ3) is 5.24. The van der Waals surface area contributed by atoms with Crippen molar-refractivity contribution in [2.45, 2.75) is 19.3 Å². The lowest BCUT2D eigenvalue weighted by Crippen LogP contribution is -2.37. The second kappa shape index (κ2) is 8.40. The van der Waals surface area contributed by atoms with Crippen molar-refractivity contribution in [2.75, 3.05) is 25.0 Å². The third-order valence-corrected chi connectivity index (χ3v) is 4.89. The van der Waals surface area contributed by atoms with Crippen molar-refractivity contribution in [1.29, 1.82) is 0 Å². The molecule has 25 heavy (non-hydrogen) atoms. The number of carboxylic acids is 1. The number of benzene rings is 1. The Morgan fingerprint density at radius 2 is 1.84 bits per heavy atom. The van der Waals surface area contributed by atoms with Crippen molar-refractivity contribution < 1.29 is 9.90 Å². The minimum atomic E-state index is -0.655. The van der Waals surface area contributed by atoms with Crippen LogP contribution in [0.15, 0.2) is 41.1 Å². The molecule has 1 aliphatic heterocycles. The highest BCUT2D eigenvalue weighted by molar-refractivity contribution is 9.10. The quantitative estimate of drug-likeness (QED) is 0.768. The van der Waals surface area contributed by atoms with E-state index in [1.807, 2.05) is 12.1 Å². The molecule has 0 spiro atoms. The second-order valence-corrected chi connectivity index (χ2v) is 7.17. The summed E-state index contributed by atoms with van der Waals surface area (Å²) in [6, 6.07) is 8.26. The minimum absolute atomic E-state index is 0.164. The van der Waals surface area contributed by atoms with Crippen LogP contribution >= 0.6 is 15.9 Å². The van der Waals surface area contributed by atoms with Gasteiger partial charge in [-0.25, -0.2) is 9.97 Å². The Balaban J connectivity index is 1.46. The molecule has 0 aliphatic carbocycles. The Bertz CT molecular complexity index is 698. The first kappa shape index (κ1) is 17.8. The zero-order valence-corrected chi connectivity index (χ0v) is 15.4. The highest BCUT2D eigenvalue weighted by Gasteiger charge is 2.23. The number of rotatable bonds is 6. The smallest absolute Gasteiger partial charge is 0.306 e. The van der Waals surface area contributed by atoms with Gasteiger partial charge in [0.2, 0.25) is 5.95 Å². The lowest BCUT2D eigenvalue weighted by molar-refractivity contribution is -0.143. The molecule has 3 rings (SSSR count). The Kier molecular flexibility index (Phi) is 5.99. The van der Waals surface area contributed by atoms with Gasteiger partial charge in [-0.3, -0.25) is 4.79 Å². The van der Waals surface area contributed by atoms with Crippen molar-refractivity contribution in [2.24, 2.45) is 5.92 Å². The number of carboxylic acid groups (broad SMARTS) is 1. The molecule has 1 aromatic heterocycles. The van der Waals surface area contributed by atoms with Gasteiger partial charge in [0.25, 0.3) is 0 Å². The van der Waals surface area contributed by atoms with Gasteiger partial charge >= 0.3 is 5.97 Å². The summed E-state index contributed by atoms with van der Waals surface area (Å²) in [5.41, 5.74) is 2.22. The molecule has 132 valence electrons. The highest BCUT2D eigenvalue weighted by Crippen LogP contribution is 2.19. The third-order valence-electron chi connectivity index (χ3n) is 4.48. The first-order chi connectivity index (χ1) is 12.1. The zero-order valence-electron chi connectivity index (χ0n) is 13.9. The molecule has 0 radical (unpaired) electrons. The Morgan fingerprint density at radius 3 is 2.44 bits per heavy atom. The summed E-state index contributed by atoms with van der Waals surface area (Å²) in [7, 11) is 0. The largest absolute Gasteiger partial charge is 0.481 e. The molecule has 0 amide bonds. The number of halogens is 1. The number of likely N-dealkylation sites (tertiary alicyclic amines) is 1. The Morgan fingerprint density at radius 1 is 1.20 bits per heavy atom. The van der Waals surface area contributed by atoms with Crippen molar-refractivity contribution in [3.8, 4) is 0 Å². The number of aromatic nitrogens is 2. The lowest BCUT2D eigenvalue weighted by Gasteiger charge is -2.29. The van der Waals surface area contributed by atoms with Gasteiger partial charge < -0.3 is 15.3 Å². The number of anilines is 2. The van der Waals surface area contributed by atoms with Gasteiger partial charge in [0, 0.05) is 24.6 Å². The summed E-state index contributed by atoms with van der Waals surface area (Å²) in [6.45, 7) is 2.71. The van der Waals surface area contributed by atoms with Crippen LogP contribution in [-0.2, 0) is 11.2 Å². The van der Waals surface area contributed by atoms with E-state index in [0.717, 1.165) is 49.1 Å². The zero-order chi connectivity index (χ0) is 17.6. The van der Waals surface area contributed by atoms with Crippen LogP contribution in [0.2, 0.25) is 0 Å². The number of piperidine rings is 1. The van der Waals surface area contributed by atoms with E-state index < -0.39 is 5.97 Å². The standard InChI is InChI=1S/C18H21BrN4O2/c19-15-11-20-18(21-12-15)22-16-3-1-13(2-4-16)5-8-23-9-6-14(7-10-23)17(24)25/h1-4,11-12,14H,5-10H2,(H,24,25)(H,20,21,22). The van der Waals surface area contributed by atoms with Gasteiger partial charge in [-0.2, -0.15) is 0 Å². The van der Waals surface area contributed by atoms with Crippen LogP contribution in [0.1, 0.15) is 18.4 Å². The van der Waals surface area contributed by atoms with Gasteiger partial charge in [0.15, 0.2) is 0 Å². The first-order valence-electron chi connectivity index (χ1n) is 8.39. The van der Waals surface area contributed by atoms with Gasteiger partial charge in [-0.1, -0.05) is 12.1 Å². The number of nitrogens with zero attached hydrogens (tertiary/aromatic N) is 3. The maximum Gasteiger partial charge on any atom is 0.306 e. The molecular weight excluding hydrogens is 384 g/mol. The normalized spacial score (nSPS) is 15.9.